The number of hydrogen-bond donors (Lipinski definition) is 2. The first-order chi connectivity index (χ1) is 9.66. The maximum absolute atomic E-state index is 4.27. The van der Waals surface area contributed by atoms with Crippen LogP contribution in [0, 0.1) is 13.8 Å². The molecule has 0 bridgehead atoms. The van der Waals surface area contributed by atoms with Crippen molar-refractivity contribution in [2.45, 2.75) is 33.4 Å². The maximum atomic E-state index is 4.27. The summed E-state index contributed by atoms with van der Waals surface area (Å²) >= 11 is 0. The first kappa shape index (κ1) is 12.8. The second kappa shape index (κ2) is 5.05. The molecule has 0 saturated heterocycles. The molecular weight excluding hydrogens is 252 g/mol. The van der Waals surface area contributed by atoms with E-state index >= 15 is 0 Å². The van der Waals surface area contributed by atoms with Crippen molar-refractivity contribution in [2.75, 3.05) is 0 Å². The molecule has 1 atom stereocenters. The third kappa shape index (κ3) is 2.18. The Hall–Kier alpha value is -2.21. The molecule has 3 rings (SSSR count). The van der Waals surface area contributed by atoms with Crippen LogP contribution in [0.5, 0.6) is 0 Å². The second-order valence-electron chi connectivity index (χ2n) is 5.00. The standard InChI is InChI=1S/C14H18N6/c1-9-12(10(2)17-16-9)8-15-11(3)14-19-18-13-6-4-5-7-20(13)14/h4-7,11,15H,8H2,1-3H3,(H,16,17). The van der Waals surface area contributed by atoms with Crippen molar-refractivity contribution >= 4 is 5.65 Å². The van der Waals surface area contributed by atoms with Crippen LogP contribution in [0.3, 0.4) is 0 Å². The van der Waals surface area contributed by atoms with Gasteiger partial charge in [-0.3, -0.25) is 9.50 Å². The number of nitrogens with zero attached hydrogens (tertiary/aromatic N) is 4. The molecule has 0 aliphatic heterocycles. The average molecular weight is 270 g/mol. The van der Waals surface area contributed by atoms with Crippen LogP contribution < -0.4 is 5.32 Å². The zero-order valence-electron chi connectivity index (χ0n) is 11.9. The molecule has 6 heteroatoms. The highest BCUT2D eigenvalue weighted by Crippen LogP contribution is 2.14. The van der Waals surface area contributed by atoms with E-state index in [1.54, 1.807) is 0 Å². The predicted octanol–water partition coefficient (Wildman–Crippen LogP) is 1.92. The molecule has 1 unspecified atom stereocenters. The molecule has 0 aliphatic rings. The van der Waals surface area contributed by atoms with E-state index in [0.29, 0.717) is 0 Å². The predicted molar refractivity (Wildman–Crippen MR) is 76.3 cm³/mol. The minimum Gasteiger partial charge on any atom is -0.303 e. The number of aryl methyl sites for hydroxylation is 2. The molecule has 0 radical (unpaired) electrons. The number of H-pyrrole nitrogens is 1. The van der Waals surface area contributed by atoms with Crippen LogP contribution >= 0.6 is 0 Å². The maximum Gasteiger partial charge on any atom is 0.160 e. The minimum absolute atomic E-state index is 0.112. The topological polar surface area (TPSA) is 70.9 Å². The zero-order chi connectivity index (χ0) is 14.1. The summed E-state index contributed by atoms with van der Waals surface area (Å²) in [5.41, 5.74) is 4.22. The smallest absolute Gasteiger partial charge is 0.160 e. The van der Waals surface area contributed by atoms with Crippen LogP contribution in [-0.4, -0.2) is 24.8 Å². The lowest BCUT2D eigenvalue weighted by atomic mass is 10.2. The first-order valence-corrected chi connectivity index (χ1v) is 6.70. The third-order valence-electron chi connectivity index (χ3n) is 3.59. The molecule has 0 aromatic carbocycles. The molecule has 0 aliphatic carbocycles. The van der Waals surface area contributed by atoms with Gasteiger partial charge in [-0.2, -0.15) is 5.10 Å². The van der Waals surface area contributed by atoms with Gasteiger partial charge in [-0.05, 0) is 32.9 Å². The SMILES string of the molecule is Cc1n[nH]c(C)c1CNC(C)c1nnc2ccccn12. The molecule has 3 heterocycles. The Morgan fingerprint density at radius 3 is 2.90 bits per heavy atom. The van der Waals surface area contributed by atoms with E-state index in [2.05, 4.69) is 32.6 Å². The molecule has 0 saturated carbocycles. The van der Waals surface area contributed by atoms with E-state index in [1.165, 1.54) is 5.56 Å². The molecule has 6 nitrogen and oxygen atoms in total. The van der Waals surface area contributed by atoms with Gasteiger partial charge in [0.2, 0.25) is 0 Å². The molecule has 0 spiro atoms. The van der Waals surface area contributed by atoms with E-state index < -0.39 is 0 Å². The van der Waals surface area contributed by atoms with Gasteiger partial charge in [-0.1, -0.05) is 6.07 Å². The monoisotopic (exact) mass is 270 g/mol. The van der Waals surface area contributed by atoms with Crippen LogP contribution in [0.4, 0.5) is 0 Å². The summed E-state index contributed by atoms with van der Waals surface area (Å²) in [4.78, 5) is 0. The minimum atomic E-state index is 0.112. The first-order valence-electron chi connectivity index (χ1n) is 6.70. The summed E-state index contributed by atoms with van der Waals surface area (Å²) in [7, 11) is 0. The fourth-order valence-electron chi connectivity index (χ4n) is 2.34. The van der Waals surface area contributed by atoms with Crippen molar-refractivity contribution in [1.82, 2.24) is 30.1 Å². The number of pyridine rings is 1. The van der Waals surface area contributed by atoms with Crippen molar-refractivity contribution in [3.8, 4) is 0 Å². The zero-order valence-corrected chi connectivity index (χ0v) is 11.9. The normalized spacial score (nSPS) is 12.9. The lowest BCUT2D eigenvalue weighted by Gasteiger charge is -2.12. The number of nitrogens with one attached hydrogen (secondary N) is 2. The molecule has 2 N–H and O–H groups in total. The van der Waals surface area contributed by atoms with Gasteiger partial charge in [0.05, 0.1) is 11.7 Å². The van der Waals surface area contributed by atoms with Crippen molar-refractivity contribution in [3.63, 3.8) is 0 Å². The van der Waals surface area contributed by atoms with Gasteiger partial charge in [-0.15, -0.1) is 10.2 Å². The summed E-state index contributed by atoms with van der Waals surface area (Å²) in [6.07, 6.45) is 1.98. The molecule has 0 amide bonds. The molecular formula is C14H18N6. The summed E-state index contributed by atoms with van der Waals surface area (Å²) in [5.74, 6) is 0.916. The van der Waals surface area contributed by atoms with E-state index in [1.807, 2.05) is 42.6 Å². The Bertz CT molecular complexity index is 707. The average Bonchev–Trinajstić information content (AvgIpc) is 3.01. The van der Waals surface area contributed by atoms with E-state index in [4.69, 9.17) is 0 Å². The largest absolute Gasteiger partial charge is 0.303 e. The Balaban J connectivity index is 1.78. The second-order valence-corrected chi connectivity index (χ2v) is 5.00. The molecule has 3 aromatic rings. The van der Waals surface area contributed by atoms with Gasteiger partial charge >= 0.3 is 0 Å². The number of aromatic nitrogens is 5. The van der Waals surface area contributed by atoms with Crippen LogP contribution in [-0.2, 0) is 6.54 Å². The van der Waals surface area contributed by atoms with Crippen LogP contribution in [0.1, 0.15) is 35.7 Å². The van der Waals surface area contributed by atoms with Gasteiger partial charge < -0.3 is 5.32 Å². The summed E-state index contributed by atoms with van der Waals surface area (Å²) in [5, 5.41) is 19.1. The number of fused-ring (bicyclic) bond motifs is 1. The Kier molecular flexibility index (Phi) is 3.23. The number of hydrogen-bond acceptors (Lipinski definition) is 4. The van der Waals surface area contributed by atoms with E-state index in [0.717, 1.165) is 29.4 Å². The van der Waals surface area contributed by atoms with E-state index in [9.17, 15) is 0 Å². The lowest BCUT2D eigenvalue weighted by molar-refractivity contribution is 0.539. The van der Waals surface area contributed by atoms with Gasteiger partial charge in [0, 0.05) is 24.0 Å². The fraction of sp³-hybridized carbons (Fsp3) is 0.357. The van der Waals surface area contributed by atoms with Crippen LogP contribution in [0.2, 0.25) is 0 Å². The quantitative estimate of drug-likeness (QED) is 0.760. The lowest BCUT2D eigenvalue weighted by Crippen LogP contribution is -2.21. The van der Waals surface area contributed by atoms with Crippen molar-refractivity contribution in [2.24, 2.45) is 0 Å². The third-order valence-corrected chi connectivity index (χ3v) is 3.59. The van der Waals surface area contributed by atoms with Gasteiger partial charge in [0.15, 0.2) is 11.5 Å². The van der Waals surface area contributed by atoms with Gasteiger partial charge in [-0.25, -0.2) is 0 Å². The molecule has 104 valence electrons. The van der Waals surface area contributed by atoms with Crippen LogP contribution in [0.25, 0.3) is 5.65 Å². The van der Waals surface area contributed by atoms with Gasteiger partial charge in [0.1, 0.15) is 0 Å². The Morgan fingerprint density at radius 2 is 2.15 bits per heavy atom. The summed E-state index contributed by atoms with van der Waals surface area (Å²) in [6.45, 7) is 6.90. The molecule has 0 fully saturated rings. The van der Waals surface area contributed by atoms with E-state index in [-0.39, 0.29) is 6.04 Å². The molecule has 3 aromatic heterocycles. The highest BCUT2D eigenvalue weighted by molar-refractivity contribution is 5.37. The Labute approximate surface area is 117 Å². The van der Waals surface area contributed by atoms with Gasteiger partial charge in [0.25, 0.3) is 0 Å². The molecule has 20 heavy (non-hydrogen) atoms. The van der Waals surface area contributed by atoms with Crippen LogP contribution in [0.15, 0.2) is 24.4 Å². The van der Waals surface area contributed by atoms with Crippen molar-refractivity contribution in [1.29, 1.82) is 0 Å². The fourth-order valence-corrected chi connectivity index (χ4v) is 2.34. The Morgan fingerprint density at radius 1 is 1.30 bits per heavy atom. The van der Waals surface area contributed by atoms with Crippen molar-refractivity contribution in [3.05, 3.63) is 47.2 Å². The summed E-state index contributed by atoms with van der Waals surface area (Å²) in [6, 6.07) is 6.01. The number of aromatic amines is 1. The highest BCUT2D eigenvalue weighted by Gasteiger charge is 2.14. The van der Waals surface area contributed by atoms with Crippen molar-refractivity contribution < 1.29 is 0 Å². The number of rotatable bonds is 4. The summed E-state index contributed by atoms with van der Waals surface area (Å²) < 4.78 is 2.01. The highest BCUT2D eigenvalue weighted by atomic mass is 15.3.